The number of aryl methyl sites for hydroxylation is 1. The van der Waals surface area contributed by atoms with Gasteiger partial charge in [-0.15, -0.1) is 0 Å². The number of aliphatic hydroxyl groups is 2. The van der Waals surface area contributed by atoms with Crippen LogP contribution in [0.2, 0.25) is 0 Å². The molecule has 2 nitrogen and oxygen atoms in total. The zero-order valence-electron chi connectivity index (χ0n) is 12.8. The van der Waals surface area contributed by atoms with Gasteiger partial charge in [0.05, 0.1) is 12.2 Å². The van der Waals surface area contributed by atoms with E-state index in [1.54, 1.807) is 0 Å². The van der Waals surface area contributed by atoms with E-state index in [2.05, 4.69) is 19.1 Å². The quantitative estimate of drug-likeness (QED) is 0.598. The third-order valence-corrected chi connectivity index (χ3v) is 3.82. The Bertz CT molecular complexity index is 323. The highest BCUT2D eigenvalue weighted by Gasteiger charge is 2.08. The molecule has 0 saturated carbocycles. The van der Waals surface area contributed by atoms with Crippen molar-refractivity contribution in [3.63, 3.8) is 0 Å². The van der Waals surface area contributed by atoms with Gasteiger partial charge in [-0.05, 0) is 44.1 Å². The van der Waals surface area contributed by atoms with Crippen LogP contribution in [0.25, 0.3) is 0 Å². The lowest BCUT2D eigenvalue weighted by Gasteiger charge is -2.13. The molecule has 0 unspecified atom stereocenters. The highest BCUT2D eigenvalue weighted by molar-refractivity contribution is 5.14. The predicted molar refractivity (Wildman–Crippen MR) is 84.8 cm³/mol. The maximum Gasteiger partial charge on any atom is 0.0543 e. The van der Waals surface area contributed by atoms with Gasteiger partial charge < -0.3 is 10.2 Å². The Morgan fingerprint density at radius 2 is 1.40 bits per heavy atom. The minimum Gasteiger partial charge on any atom is -0.393 e. The molecule has 1 aromatic carbocycles. The van der Waals surface area contributed by atoms with Gasteiger partial charge >= 0.3 is 0 Å². The Morgan fingerprint density at radius 1 is 0.800 bits per heavy atom. The summed E-state index contributed by atoms with van der Waals surface area (Å²) in [5.74, 6) is 0. The van der Waals surface area contributed by atoms with Gasteiger partial charge in [-0.1, -0.05) is 56.5 Å². The lowest BCUT2D eigenvalue weighted by molar-refractivity contribution is 0.123. The summed E-state index contributed by atoms with van der Waals surface area (Å²) in [5, 5.41) is 19.8. The molecule has 114 valence electrons. The first-order valence-corrected chi connectivity index (χ1v) is 8.12. The standard InChI is InChI=1S/C18H30O2/c1-2-3-5-11-17(19)12-8-13-18(20)15-14-16-9-6-4-7-10-16/h4,6-7,9-10,17-20H,2-3,5,8,11-15H2,1H3/t17-,18-/m1/s1. The van der Waals surface area contributed by atoms with Crippen LogP contribution in [0.15, 0.2) is 30.3 Å². The number of rotatable bonds is 11. The van der Waals surface area contributed by atoms with Crippen molar-refractivity contribution in [3.05, 3.63) is 35.9 Å². The summed E-state index contributed by atoms with van der Waals surface area (Å²) in [7, 11) is 0. The third-order valence-electron chi connectivity index (χ3n) is 3.82. The normalized spacial score (nSPS) is 14.2. The van der Waals surface area contributed by atoms with Crippen molar-refractivity contribution < 1.29 is 10.2 Å². The van der Waals surface area contributed by atoms with Gasteiger partial charge in [0.25, 0.3) is 0 Å². The lowest BCUT2D eigenvalue weighted by Crippen LogP contribution is -2.11. The highest BCUT2D eigenvalue weighted by atomic mass is 16.3. The van der Waals surface area contributed by atoms with Gasteiger partial charge in [0.2, 0.25) is 0 Å². The third kappa shape index (κ3) is 8.34. The number of aliphatic hydroxyl groups excluding tert-OH is 2. The van der Waals surface area contributed by atoms with Gasteiger partial charge in [-0.25, -0.2) is 0 Å². The van der Waals surface area contributed by atoms with E-state index in [1.807, 2.05) is 18.2 Å². The van der Waals surface area contributed by atoms with Crippen LogP contribution in [-0.4, -0.2) is 22.4 Å². The minimum atomic E-state index is -0.238. The van der Waals surface area contributed by atoms with Crippen LogP contribution < -0.4 is 0 Å². The Labute approximate surface area is 123 Å². The van der Waals surface area contributed by atoms with E-state index in [0.29, 0.717) is 0 Å². The molecule has 2 heteroatoms. The number of hydrogen-bond donors (Lipinski definition) is 2. The summed E-state index contributed by atoms with van der Waals surface area (Å²) in [6.07, 6.45) is 8.31. The lowest BCUT2D eigenvalue weighted by atomic mass is 10.0. The van der Waals surface area contributed by atoms with E-state index in [9.17, 15) is 10.2 Å². The molecule has 0 spiro atoms. The topological polar surface area (TPSA) is 40.5 Å². The monoisotopic (exact) mass is 278 g/mol. The molecule has 20 heavy (non-hydrogen) atoms. The smallest absolute Gasteiger partial charge is 0.0543 e. The summed E-state index contributed by atoms with van der Waals surface area (Å²) in [4.78, 5) is 0. The van der Waals surface area contributed by atoms with Crippen LogP contribution >= 0.6 is 0 Å². The number of unbranched alkanes of at least 4 members (excludes halogenated alkanes) is 2. The second-order valence-corrected chi connectivity index (χ2v) is 5.76. The molecule has 2 atom stereocenters. The first kappa shape index (κ1) is 17.2. The average molecular weight is 278 g/mol. The maximum absolute atomic E-state index is 9.96. The largest absolute Gasteiger partial charge is 0.393 e. The van der Waals surface area contributed by atoms with Crippen LogP contribution in [0.3, 0.4) is 0 Å². The summed E-state index contributed by atoms with van der Waals surface area (Å²) in [6.45, 7) is 2.18. The molecule has 0 aromatic heterocycles. The van der Waals surface area contributed by atoms with E-state index >= 15 is 0 Å². The molecule has 1 aromatic rings. The SMILES string of the molecule is CCCCC[C@@H](O)CCC[C@@H](O)CCc1ccccc1. The average Bonchev–Trinajstić information content (AvgIpc) is 2.46. The van der Waals surface area contributed by atoms with Crippen molar-refractivity contribution in [3.8, 4) is 0 Å². The van der Waals surface area contributed by atoms with Gasteiger partial charge in [-0.3, -0.25) is 0 Å². The molecule has 0 radical (unpaired) electrons. The minimum absolute atomic E-state index is 0.178. The van der Waals surface area contributed by atoms with E-state index in [1.165, 1.54) is 18.4 Å². The highest BCUT2D eigenvalue weighted by Crippen LogP contribution is 2.13. The predicted octanol–water partition coefficient (Wildman–Crippen LogP) is 4.09. The molecule has 1 rings (SSSR count). The first-order chi connectivity index (χ1) is 9.72. The Hall–Kier alpha value is -0.860. The second-order valence-electron chi connectivity index (χ2n) is 5.76. The van der Waals surface area contributed by atoms with Crippen LogP contribution in [0.5, 0.6) is 0 Å². The molecule has 0 saturated heterocycles. The fourth-order valence-electron chi connectivity index (χ4n) is 2.49. The Balaban J connectivity index is 2.03. The summed E-state index contributed by atoms with van der Waals surface area (Å²) in [6, 6.07) is 10.3. The van der Waals surface area contributed by atoms with Crippen molar-refractivity contribution in [1.82, 2.24) is 0 Å². The van der Waals surface area contributed by atoms with Crippen molar-refractivity contribution >= 4 is 0 Å². The Kier molecular flexibility index (Phi) is 9.35. The van der Waals surface area contributed by atoms with E-state index in [-0.39, 0.29) is 12.2 Å². The van der Waals surface area contributed by atoms with Crippen LogP contribution in [0.1, 0.15) is 63.9 Å². The van der Waals surface area contributed by atoms with E-state index < -0.39 is 0 Å². The Morgan fingerprint density at radius 3 is 2.05 bits per heavy atom. The fourth-order valence-corrected chi connectivity index (χ4v) is 2.49. The zero-order chi connectivity index (χ0) is 14.6. The van der Waals surface area contributed by atoms with Crippen molar-refractivity contribution in [2.75, 3.05) is 0 Å². The summed E-state index contributed by atoms with van der Waals surface area (Å²) < 4.78 is 0. The van der Waals surface area contributed by atoms with Crippen molar-refractivity contribution in [1.29, 1.82) is 0 Å². The molecular weight excluding hydrogens is 248 g/mol. The first-order valence-electron chi connectivity index (χ1n) is 8.12. The van der Waals surface area contributed by atoms with Crippen LogP contribution in [0, 0.1) is 0 Å². The van der Waals surface area contributed by atoms with E-state index in [4.69, 9.17) is 0 Å². The zero-order valence-corrected chi connectivity index (χ0v) is 12.8. The molecular formula is C18H30O2. The molecule has 2 N–H and O–H groups in total. The van der Waals surface area contributed by atoms with Crippen molar-refractivity contribution in [2.45, 2.75) is 76.9 Å². The van der Waals surface area contributed by atoms with Gasteiger partial charge in [0.1, 0.15) is 0 Å². The van der Waals surface area contributed by atoms with Gasteiger partial charge in [0.15, 0.2) is 0 Å². The van der Waals surface area contributed by atoms with Crippen molar-refractivity contribution in [2.24, 2.45) is 0 Å². The molecule has 0 fully saturated rings. The number of benzene rings is 1. The number of hydrogen-bond acceptors (Lipinski definition) is 2. The fraction of sp³-hybridized carbons (Fsp3) is 0.667. The van der Waals surface area contributed by atoms with Crippen LogP contribution in [-0.2, 0) is 6.42 Å². The molecule has 0 aliphatic carbocycles. The summed E-state index contributed by atoms with van der Waals surface area (Å²) >= 11 is 0. The van der Waals surface area contributed by atoms with Crippen LogP contribution in [0.4, 0.5) is 0 Å². The maximum atomic E-state index is 9.96. The molecule has 0 amide bonds. The molecule has 0 heterocycles. The summed E-state index contributed by atoms with van der Waals surface area (Å²) in [5.41, 5.74) is 1.28. The molecule has 0 aliphatic heterocycles. The van der Waals surface area contributed by atoms with E-state index in [0.717, 1.165) is 44.9 Å². The van der Waals surface area contributed by atoms with Gasteiger partial charge in [-0.2, -0.15) is 0 Å². The van der Waals surface area contributed by atoms with Gasteiger partial charge in [0, 0.05) is 0 Å². The molecule has 0 aliphatic rings. The molecule has 0 bridgehead atoms. The second kappa shape index (κ2) is 10.9.